The molecule has 9 heteroatoms. The fourth-order valence-corrected chi connectivity index (χ4v) is 1.83. The number of aliphatic hydroxyl groups is 1. The smallest absolute Gasteiger partial charge is 0.296 e. The lowest BCUT2D eigenvalue weighted by molar-refractivity contribution is -0.384. The van der Waals surface area contributed by atoms with Crippen LogP contribution in [-0.4, -0.2) is 45.0 Å². The highest BCUT2D eigenvalue weighted by atomic mass is 16.6. The summed E-state index contributed by atoms with van der Waals surface area (Å²) in [6, 6.07) is 3.36. The lowest BCUT2D eigenvalue weighted by Crippen LogP contribution is -2.34. The summed E-state index contributed by atoms with van der Waals surface area (Å²) in [6.45, 7) is -0.533. The molecule has 0 aliphatic carbocycles. The Morgan fingerprint density at radius 3 is 2.67 bits per heavy atom. The van der Waals surface area contributed by atoms with Crippen molar-refractivity contribution in [2.75, 3.05) is 18.5 Å². The van der Waals surface area contributed by atoms with E-state index in [2.05, 4.69) is 5.32 Å². The Kier molecular flexibility index (Phi) is 3.85. The minimum atomic E-state index is -0.727. The Balaban J connectivity index is 2.28. The predicted octanol–water partition coefficient (Wildman–Crippen LogP) is -0.0427. The van der Waals surface area contributed by atoms with Gasteiger partial charge in [-0.1, -0.05) is 0 Å². The second kappa shape index (κ2) is 5.59. The number of nitro groups is 1. The molecular formula is C12H11N3O6. The number of imide groups is 1. The lowest BCUT2D eigenvalue weighted by atomic mass is 10.2. The van der Waals surface area contributed by atoms with Gasteiger partial charge in [0.05, 0.1) is 24.1 Å². The molecular weight excluding hydrogens is 282 g/mol. The third-order valence-corrected chi connectivity index (χ3v) is 2.78. The molecule has 1 aliphatic heterocycles. The van der Waals surface area contributed by atoms with Crippen LogP contribution in [0, 0.1) is 10.1 Å². The molecule has 0 spiro atoms. The Labute approximate surface area is 118 Å². The minimum Gasteiger partial charge on any atom is -0.508 e. The summed E-state index contributed by atoms with van der Waals surface area (Å²) in [5.74, 6) is -1.59. The van der Waals surface area contributed by atoms with Gasteiger partial charge >= 0.3 is 0 Å². The molecule has 0 atom stereocenters. The number of hydrogen-bond donors (Lipinski definition) is 3. The van der Waals surface area contributed by atoms with Crippen LogP contribution >= 0.6 is 0 Å². The number of nitrogens with one attached hydrogen (secondary N) is 1. The summed E-state index contributed by atoms with van der Waals surface area (Å²) in [5.41, 5.74) is -0.602. The van der Waals surface area contributed by atoms with Gasteiger partial charge in [0.25, 0.3) is 17.5 Å². The summed E-state index contributed by atoms with van der Waals surface area (Å²) in [7, 11) is 0. The number of hydrogen-bond acceptors (Lipinski definition) is 7. The number of aliphatic hydroxyl groups excluding tert-OH is 1. The van der Waals surface area contributed by atoms with E-state index >= 15 is 0 Å². The molecule has 0 radical (unpaired) electrons. The quantitative estimate of drug-likeness (QED) is 0.300. The first-order valence-corrected chi connectivity index (χ1v) is 5.87. The van der Waals surface area contributed by atoms with Gasteiger partial charge < -0.3 is 15.5 Å². The Bertz CT molecular complexity index is 654. The number of phenols is 1. The fourth-order valence-electron chi connectivity index (χ4n) is 1.83. The van der Waals surface area contributed by atoms with Crippen molar-refractivity contribution in [1.29, 1.82) is 0 Å². The average Bonchev–Trinajstić information content (AvgIpc) is 2.68. The molecule has 2 rings (SSSR count). The molecule has 110 valence electrons. The zero-order valence-electron chi connectivity index (χ0n) is 10.6. The second-order valence-corrected chi connectivity index (χ2v) is 4.16. The van der Waals surface area contributed by atoms with Crippen LogP contribution in [-0.2, 0) is 9.59 Å². The zero-order chi connectivity index (χ0) is 15.6. The van der Waals surface area contributed by atoms with E-state index < -0.39 is 22.4 Å². The van der Waals surface area contributed by atoms with Crippen LogP contribution in [0.1, 0.15) is 0 Å². The molecule has 21 heavy (non-hydrogen) atoms. The number of carbonyl (C=O) groups is 2. The molecule has 1 aromatic carbocycles. The van der Waals surface area contributed by atoms with Crippen molar-refractivity contribution in [2.45, 2.75) is 0 Å². The monoisotopic (exact) mass is 293 g/mol. The fraction of sp³-hybridized carbons (Fsp3) is 0.167. The first-order valence-electron chi connectivity index (χ1n) is 5.87. The van der Waals surface area contributed by atoms with Crippen molar-refractivity contribution in [3.8, 4) is 5.75 Å². The van der Waals surface area contributed by atoms with Crippen molar-refractivity contribution in [3.63, 3.8) is 0 Å². The van der Waals surface area contributed by atoms with Crippen LogP contribution in [0.25, 0.3) is 0 Å². The number of anilines is 1. The minimum absolute atomic E-state index is 0.0314. The van der Waals surface area contributed by atoms with Gasteiger partial charge in [-0.25, -0.2) is 0 Å². The second-order valence-electron chi connectivity index (χ2n) is 4.16. The number of nitrogens with zero attached hydrogens (tertiary/aromatic N) is 2. The van der Waals surface area contributed by atoms with Crippen LogP contribution in [0.5, 0.6) is 5.75 Å². The van der Waals surface area contributed by atoms with Crippen molar-refractivity contribution in [3.05, 3.63) is 40.1 Å². The van der Waals surface area contributed by atoms with Crippen molar-refractivity contribution in [1.82, 2.24) is 4.90 Å². The number of benzene rings is 1. The third kappa shape index (κ3) is 2.82. The van der Waals surface area contributed by atoms with E-state index in [0.717, 1.165) is 17.0 Å². The number of nitro benzene ring substituents is 1. The standard InChI is InChI=1S/C12H11N3O6/c16-4-3-14-11(18)6-9(12(14)19)13-8-2-1-7(17)5-10(8)15(20)21/h1-2,5-6,13,16-17H,3-4H2. The van der Waals surface area contributed by atoms with Gasteiger partial charge in [0.15, 0.2) is 0 Å². The Hall–Kier alpha value is -2.94. The van der Waals surface area contributed by atoms with Crippen LogP contribution in [0.15, 0.2) is 30.0 Å². The molecule has 1 heterocycles. The van der Waals surface area contributed by atoms with E-state index in [1.807, 2.05) is 0 Å². The van der Waals surface area contributed by atoms with E-state index in [0.29, 0.717) is 0 Å². The number of β-amino-alcohol motifs (C(OH)–C–C–N with tert-alkyl or cyclic N) is 1. The first-order chi connectivity index (χ1) is 9.93. The summed E-state index contributed by atoms with van der Waals surface area (Å²) in [5, 5.41) is 31.4. The van der Waals surface area contributed by atoms with E-state index in [1.54, 1.807) is 0 Å². The average molecular weight is 293 g/mol. The van der Waals surface area contributed by atoms with Gasteiger partial charge in [-0.15, -0.1) is 0 Å². The SMILES string of the molecule is O=C1C=C(Nc2ccc(O)cc2[N+](=O)[O-])C(=O)N1CCO. The summed E-state index contributed by atoms with van der Waals surface area (Å²) in [6.07, 6.45) is 0.995. The predicted molar refractivity (Wildman–Crippen MR) is 70.3 cm³/mol. The van der Waals surface area contributed by atoms with Gasteiger partial charge in [-0.2, -0.15) is 0 Å². The number of phenolic OH excluding ortho intramolecular Hbond substituents is 1. The number of rotatable bonds is 5. The molecule has 0 bridgehead atoms. The Morgan fingerprint density at radius 2 is 2.05 bits per heavy atom. The van der Waals surface area contributed by atoms with Gasteiger partial charge in [0.2, 0.25) is 0 Å². The molecule has 1 aromatic rings. The molecule has 0 fully saturated rings. The molecule has 0 saturated carbocycles. The van der Waals surface area contributed by atoms with Gasteiger partial charge in [-0.05, 0) is 12.1 Å². The summed E-state index contributed by atoms with van der Waals surface area (Å²) in [4.78, 5) is 34.4. The van der Waals surface area contributed by atoms with Crippen LogP contribution < -0.4 is 5.32 Å². The van der Waals surface area contributed by atoms with E-state index in [-0.39, 0.29) is 30.3 Å². The van der Waals surface area contributed by atoms with Crippen LogP contribution in [0.4, 0.5) is 11.4 Å². The van der Waals surface area contributed by atoms with Crippen LogP contribution in [0.3, 0.4) is 0 Å². The van der Waals surface area contributed by atoms with Gasteiger partial charge in [0, 0.05) is 6.08 Å². The molecule has 1 aliphatic rings. The van der Waals surface area contributed by atoms with E-state index in [1.165, 1.54) is 12.1 Å². The molecule has 2 amide bonds. The third-order valence-electron chi connectivity index (χ3n) is 2.78. The molecule has 0 unspecified atom stereocenters. The molecule has 9 nitrogen and oxygen atoms in total. The van der Waals surface area contributed by atoms with Gasteiger partial charge in [-0.3, -0.25) is 24.6 Å². The normalized spacial score (nSPS) is 14.3. The lowest BCUT2D eigenvalue weighted by Gasteiger charge is -2.13. The highest BCUT2D eigenvalue weighted by Gasteiger charge is 2.31. The number of aromatic hydroxyl groups is 1. The van der Waals surface area contributed by atoms with E-state index in [9.17, 15) is 24.8 Å². The highest BCUT2D eigenvalue weighted by Crippen LogP contribution is 2.30. The molecule has 0 aromatic heterocycles. The molecule has 0 saturated heterocycles. The Morgan fingerprint density at radius 1 is 1.33 bits per heavy atom. The van der Waals surface area contributed by atoms with Crippen LogP contribution in [0.2, 0.25) is 0 Å². The van der Waals surface area contributed by atoms with Crippen molar-refractivity contribution >= 4 is 23.2 Å². The summed E-state index contributed by atoms with van der Waals surface area (Å²) < 4.78 is 0. The zero-order valence-corrected chi connectivity index (χ0v) is 10.6. The first kappa shape index (κ1) is 14.5. The maximum absolute atomic E-state index is 11.9. The summed E-state index contributed by atoms with van der Waals surface area (Å²) >= 11 is 0. The van der Waals surface area contributed by atoms with E-state index in [4.69, 9.17) is 5.11 Å². The number of amides is 2. The number of carbonyl (C=O) groups excluding carboxylic acids is 2. The maximum atomic E-state index is 11.9. The molecule has 3 N–H and O–H groups in total. The van der Waals surface area contributed by atoms with Crippen molar-refractivity contribution < 1.29 is 24.7 Å². The van der Waals surface area contributed by atoms with Crippen molar-refractivity contribution in [2.24, 2.45) is 0 Å². The maximum Gasteiger partial charge on any atom is 0.296 e. The van der Waals surface area contributed by atoms with Gasteiger partial charge in [0.1, 0.15) is 17.1 Å². The largest absolute Gasteiger partial charge is 0.508 e. The topological polar surface area (TPSA) is 133 Å². The highest BCUT2D eigenvalue weighted by molar-refractivity contribution is 6.17.